The van der Waals surface area contributed by atoms with Gasteiger partial charge in [0.1, 0.15) is 11.8 Å². The van der Waals surface area contributed by atoms with Crippen LogP contribution in [-0.4, -0.2) is 41.3 Å². The van der Waals surface area contributed by atoms with E-state index in [2.05, 4.69) is 35.2 Å². The highest BCUT2D eigenvalue weighted by molar-refractivity contribution is 6.04. The van der Waals surface area contributed by atoms with Crippen molar-refractivity contribution < 1.29 is 18.6 Å². The summed E-state index contributed by atoms with van der Waals surface area (Å²) in [6.45, 7) is 5.36. The van der Waals surface area contributed by atoms with Crippen molar-refractivity contribution in [2.45, 2.75) is 38.9 Å². The first kappa shape index (κ1) is 20.5. The number of nitrogens with one attached hydrogen (secondary N) is 1. The van der Waals surface area contributed by atoms with Gasteiger partial charge in [-0.1, -0.05) is 6.07 Å². The Kier molecular flexibility index (Phi) is 5.09. The van der Waals surface area contributed by atoms with Gasteiger partial charge in [-0.25, -0.2) is 15.0 Å². The molecule has 166 valence electrons. The van der Waals surface area contributed by atoms with E-state index in [1.807, 2.05) is 18.2 Å². The fourth-order valence-corrected chi connectivity index (χ4v) is 4.07. The molecule has 8 heteroatoms. The zero-order chi connectivity index (χ0) is 22.3. The van der Waals surface area contributed by atoms with Crippen molar-refractivity contribution in [2.24, 2.45) is 0 Å². The number of methoxy groups -OCH3 is 2. The Morgan fingerprint density at radius 2 is 1.94 bits per heavy atom. The zero-order valence-electron chi connectivity index (χ0n) is 18.7. The molecule has 0 fully saturated rings. The average molecular weight is 434 g/mol. The number of pyridine rings is 1. The number of anilines is 1. The molecule has 1 aliphatic rings. The molecule has 0 amide bonds. The van der Waals surface area contributed by atoms with Crippen molar-refractivity contribution in [1.82, 2.24) is 15.0 Å². The van der Waals surface area contributed by atoms with Gasteiger partial charge in [0.25, 0.3) is 0 Å². The number of hydrogen-bond acceptors (Lipinski definition) is 8. The molecule has 1 aromatic carbocycles. The quantitative estimate of drug-likeness (QED) is 0.480. The Balaban J connectivity index is 1.40. The Morgan fingerprint density at radius 1 is 1.09 bits per heavy atom. The fraction of sp³-hybridized carbons (Fsp3) is 0.375. The first-order valence-electron chi connectivity index (χ1n) is 10.6. The maximum absolute atomic E-state index is 6.11. The number of fused-ring (bicyclic) bond motifs is 4. The van der Waals surface area contributed by atoms with Crippen LogP contribution in [0.25, 0.3) is 22.2 Å². The lowest BCUT2D eigenvalue weighted by atomic mass is 9.95. The summed E-state index contributed by atoms with van der Waals surface area (Å²) in [7, 11) is 3.27. The molecular formula is C24H26N4O4. The first-order chi connectivity index (χ1) is 15.5. The van der Waals surface area contributed by atoms with Crippen LogP contribution < -0.4 is 14.8 Å². The van der Waals surface area contributed by atoms with Crippen molar-refractivity contribution in [2.75, 3.05) is 26.1 Å². The summed E-state index contributed by atoms with van der Waals surface area (Å²) in [6, 6.07) is 8.00. The number of furan rings is 1. The normalized spacial score (nSPS) is 15.0. The minimum atomic E-state index is -0.226. The maximum Gasteiger partial charge on any atom is 0.229 e. The highest BCUT2D eigenvalue weighted by Crippen LogP contribution is 2.34. The van der Waals surface area contributed by atoms with Gasteiger partial charge in [0.15, 0.2) is 22.9 Å². The Labute approximate surface area is 185 Å². The third kappa shape index (κ3) is 3.71. The SMILES string of the molecule is COc1ccc(CCNc2ncnc3c2oc2nc4c(cc23)COC(C)(C)C4)cc1OC. The molecule has 4 aromatic rings. The van der Waals surface area contributed by atoms with Crippen LogP contribution >= 0.6 is 0 Å². The molecule has 5 rings (SSSR count). The van der Waals surface area contributed by atoms with Crippen molar-refractivity contribution in [1.29, 1.82) is 0 Å². The number of benzene rings is 1. The molecule has 0 spiro atoms. The molecular weight excluding hydrogens is 408 g/mol. The van der Waals surface area contributed by atoms with E-state index in [0.29, 0.717) is 41.8 Å². The summed E-state index contributed by atoms with van der Waals surface area (Å²) in [5.74, 6) is 2.09. The number of hydrogen-bond donors (Lipinski definition) is 1. The molecule has 0 saturated heterocycles. The number of ether oxygens (including phenoxy) is 3. The third-order valence-electron chi connectivity index (χ3n) is 5.78. The van der Waals surface area contributed by atoms with Gasteiger partial charge in [-0.05, 0) is 44.0 Å². The van der Waals surface area contributed by atoms with E-state index in [9.17, 15) is 0 Å². The molecule has 0 unspecified atom stereocenters. The van der Waals surface area contributed by atoms with Crippen LogP contribution in [0, 0.1) is 0 Å². The van der Waals surface area contributed by atoms with E-state index in [4.69, 9.17) is 23.6 Å². The Morgan fingerprint density at radius 3 is 2.75 bits per heavy atom. The predicted octanol–water partition coefficient (Wildman–Crippen LogP) is 4.29. The van der Waals surface area contributed by atoms with E-state index in [0.717, 1.165) is 40.6 Å². The average Bonchev–Trinajstić information content (AvgIpc) is 3.15. The van der Waals surface area contributed by atoms with Gasteiger partial charge in [-0.2, -0.15) is 0 Å². The number of nitrogens with zero attached hydrogens (tertiary/aromatic N) is 3. The second-order valence-electron chi connectivity index (χ2n) is 8.54. The second-order valence-corrected chi connectivity index (χ2v) is 8.54. The van der Waals surface area contributed by atoms with E-state index in [-0.39, 0.29) is 5.60 Å². The van der Waals surface area contributed by atoms with Gasteiger partial charge in [-0.3, -0.25) is 0 Å². The lowest BCUT2D eigenvalue weighted by Crippen LogP contribution is -2.32. The summed E-state index contributed by atoms with van der Waals surface area (Å²) in [6.07, 6.45) is 3.08. The van der Waals surface area contributed by atoms with Gasteiger partial charge in [0.2, 0.25) is 5.71 Å². The van der Waals surface area contributed by atoms with E-state index in [1.54, 1.807) is 20.5 Å². The molecule has 0 bridgehead atoms. The van der Waals surface area contributed by atoms with Crippen molar-refractivity contribution in [3.8, 4) is 11.5 Å². The largest absolute Gasteiger partial charge is 0.493 e. The van der Waals surface area contributed by atoms with Crippen LogP contribution in [0.2, 0.25) is 0 Å². The molecule has 4 heterocycles. The van der Waals surface area contributed by atoms with Crippen LogP contribution in [0.5, 0.6) is 11.5 Å². The summed E-state index contributed by atoms with van der Waals surface area (Å²) in [4.78, 5) is 13.6. The second kappa shape index (κ2) is 7.94. The van der Waals surface area contributed by atoms with Crippen molar-refractivity contribution in [3.63, 3.8) is 0 Å². The minimum absolute atomic E-state index is 0.226. The molecule has 0 radical (unpaired) electrons. The lowest BCUT2D eigenvalue weighted by Gasteiger charge is -2.30. The molecule has 0 saturated carbocycles. The van der Waals surface area contributed by atoms with E-state index in [1.165, 1.54) is 0 Å². The standard InChI is InChI=1S/C24H26N4O4/c1-24(2)11-17-15(12-31-24)10-16-20-21(32-23(16)28-17)22(27-13-26-20)25-8-7-14-5-6-18(29-3)19(9-14)30-4/h5-6,9-10,13H,7-8,11-12H2,1-4H3,(H,25,26,27). The molecule has 0 atom stereocenters. The predicted molar refractivity (Wildman–Crippen MR) is 121 cm³/mol. The molecule has 3 aromatic heterocycles. The molecule has 1 aliphatic heterocycles. The number of aromatic nitrogens is 3. The van der Waals surface area contributed by atoms with E-state index >= 15 is 0 Å². The van der Waals surface area contributed by atoms with Crippen molar-refractivity contribution in [3.05, 3.63) is 47.4 Å². The van der Waals surface area contributed by atoms with Crippen LogP contribution in [0.4, 0.5) is 5.82 Å². The Bertz CT molecular complexity index is 1300. The van der Waals surface area contributed by atoms with Crippen molar-refractivity contribution >= 4 is 28.0 Å². The highest BCUT2D eigenvalue weighted by Gasteiger charge is 2.28. The molecule has 0 aliphatic carbocycles. The lowest BCUT2D eigenvalue weighted by molar-refractivity contribution is -0.0411. The summed E-state index contributed by atoms with van der Waals surface area (Å²) in [5, 5.41) is 4.26. The fourth-order valence-electron chi connectivity index (χ4n) is 4.07. The van der Waals surface area contributed by atoms with Crippen LogP contribution in [0.15, 0.2) is 35.0 Å². The first-order valence-corrected chi connectivity index (χ1v) is 10.6. The van der Waals surface area contributed by atoms with Crippen LogP contribution in [0.3, 0.4) is 0 Å². The summed E-state index contributed by atoms with van der Waals surface area (Å²) < 4.78 is 22.8. The molecule has 32 heavy (non-hydrogen) atoms. The van der Waals surface area contributed by atoms with Gasteiger partial charge in [-0.15, -0.1) is 0 Å². The minimum Gasteiger partial charge on any atom is -0.493 e. The van der Waals surface area contributed by atoms with Crippen LogP contribution in [0.1, 0.15) is 30.7 Å². The maximum atomic E-state index is 6.11. The van der Waals surface area contributed by atoms with Gasteiger partial charge < -0.3 is 23.9 Å². The highest BCUT2D eigenvalue weighted by atomic mass is 16.5. The number of rotatable bonds is 6. The smallest absolute Gasteiger partial charge is 0.229 e. The summed E-state index contributed by atoms with van der Waals surface area (Å²) in [5.41, 5.74) is 4.96. The van der Waals surface area contributed by atoms with Gasteiger partial charge in [0, 0.05) is 18.5 Å². The van der Waals surface area contributed by atoms with E-state index < -0.39 is 0 Å². The van der Waals surface area contributed by atoms with Crippen LogP contribution in [-0.2, 0) is 24.2 Å². The van der Waals surface area contributed by atoms with Gasteiger partial charge >= 0.3 is 0 Å². The molecule has 1 N–H and O–H groups in total. The zero-order valence-corrected chi connectivity index (χ0v) is 18.7. The Hall–Kier alpha value is -3.39. The van der Waals surface area contributed by atoms with Gasteiger partial charge in [0.05, 0.1) is 37.5 Å². The third-order valence-corrected chi connectivity index (χ3v) is 5.78. The summed E-state index contributed by atoms with van der Waals surface area (Å²) >= 11 is 0. The topological polar surface area (TPSA) is 91.5 Å². The molecule has 8 nitrogen and oxygen atoms in total. The monoisotopic (exact) mass is 434 g/mol.